The molecule has 7 nitrogen and oxygen atoms in total. The Morgan fingerprint density at radius 2 is 1.60 bits per heavy atom. The Kier molecular flexibility index (Phi) is 7.29. The third-order valence-corrected chi connectivity index (χ3v) is 5.55. The number of amides is 1. The fourth-order valence-corrected chi connectivity index (χ4v) is 3.76. The van der Waals surface area contributed by atoms with Crippen LogP contribution in [0.15, 0.2) is 30.3 Å². The smallest absolute Gasteiger partial charge is 0.259 e. The third kappa shape index (κ3) is 4.74. The van der Waals surface area contributed by atoms with Gasteiger partial charge in [-0.15, -0.1) is 0 Å². The average molecular weight is 434 g/mol. The van der Waals surface area contributed by atoms with Crippen LogP contribution in [0.1, 0.15) is 17.3 Å². The molecule has 2 aromatic rings. The Balaban J connectivity index is 1.89. The van der Waals surface area contributed by atoms with E-state index >= 15 is 0 Å². The standard InChI is InChI=1S/C22H28ClN3O4/c1-5-25-8-10-26(11-9-25)18-7-6-15(23)12-17(18)24-22(27)16-13-20(29-3)21(30-4)14-19(16)28-2/h6-7,12-14H,5,8-11H2,1-4H3,(H,24,27). The number of carbonyl (C=O) groups excluding carboxylic acids is 1. The van der Waals surface area contributed by atoms with Crippen LogP contribution in [0.2, 0.25) is 5.02 Å². The van der Waals surface area contributed by atoms with Crippen molar-refractivity contribution in [3.8, 4) is 17.2 Å². The van der Waals surface area contributed by atoms with E-state index in [1.165, 1.54) is 21.3 Å². The molecule has 1 aliphatic heterocycles. The zero-order valence-corrected chi connectivity index (χ0v) is 18.6. The lowest BCUT2D eigenvalue weighted by Crippen LogP contribution is -2.46. The summed E-state index contributed by atoms with van der Waals surface area (Å²) in [5, 5.41) is 3.55. The number of ether oxygens (including phenoxy) is 3. The van der Waals surface area contributed by atoms with Gasteiger partial charge < -0.3 is 29.3 Å². The van der Waals surface area contributed by atoms with Gasteiger partial charge in [0.05, 0.1) is 38.3 Å². The fourth-order valence-electron chi connectivity index (χ4n) is 3.59. The van der Waals surface area contributed by atoms with Gasteiger partial charge in [0.15, 0.2) is 11.5 Å². The van der Waals surface area contributed by atoms with Gasteiger partial charge in [0.1, 0.15) is 5.75 Å². The summed E-state index contributed by atoms with van der Waals surface area (Å²) < 4.78 is 16.0. The number of nitrogens with one attached hydrogen (secondary N) is 1. The van der Waals surface area contributed by atoms with E-state index in [2.05, 4.69) is 22.0 Å². The molecule has 1 heterocycles. The number of piperazine rings is 1. The van der Waals surface area contributed by atoms with Crippen molar-refractivity contribution in [2.24, 2.45) is 0 Å². The van der Waals surface area contributed by atoms with Crippen molar-refractivity contribution in [2.75, 3.05) is 64.3 Å². The van der Waals surface area contributed by atoms with E-state index in [1.54, 1.807) is 18.2 Å². The van der Waals surface area contributed by atoms with Gasteiger partial charge in [-0.3, -0.25) is 4.79 Å². The highest BCUT2D eigenvalue weighted by Crippen LogP contribution is 2.36. The quantitative estimate of drug-likeness (QED) is 0.717. The summed E-state index contributed by atoms with van der Waals surface area (Å²) in [6.07, 6.45) is 0. The first-order chi connectivity index (χ1) is 14.5. The monoisotopic (exact) mass is 433 g/mol. The van der Waals surface area contributed by atoms with Gasteiger partial charge >= 0.3 is 0 Å². The number of benzene rings is 2. The van der Waals surface area contributed by atoms with Crippen molar-refractivity contribution < 1.29 is 19.0 Å². The number of anilines is 2. The van der Waals surface area contributed by atoms with Crippen LogP contribution in [0.5, 0.6) is 17.2 Å². The van der Waals surface area contributed by atoms with Crippen molar-refractivity contribution in [1.82, 2.24) is 4.90 Å². The van der Waals surface area contributed by atoms with Gasteiger partial charge in [-0.25, -0.2) is 0 Å². The highest BCUT2D eigenvalue weighted by atomic mass is 35.5. The van der Waals surface area contributed by atoms with Crippen molar-refractivity contribution in [3.63, 3.8) is 0 Å². The van der Waals surface area contributed by atoms with Crippen LogP contribution in [0.25, 0.3) is 0 Å². The summed E-state index contributed by atoms with van der Waals surface area (Å²) in [6.45, 7) is 6.94. The van der Waals surface area contributed by atoms with Gasteiger partial charge in [-0.1, -0.05) is 18.5 Å². The number of carbonyl (C=O) groups is 1. The molecule has 0 radical (unpaired) electrons. The average Bonchev–Trinajstić information content (AvgIpc) is 2.78. The Bertz CT molecular complexity index is 898. The van der Waals surface area contributed by atoms with E-state index in [0.29, 0.717) is 33.5 Å². The van der Waals surface area contributed by atoms with Gasteiger partial charge in [0, 0.05) is 43.3 Å². The second kappa shape index (κ2) is 9.91. The minimum atomic E-state index is -0.316. The van der Waals surface area contributed by atoms with Crippen LogP contribution >= 0.6 is 11.6 Å². The predicted molar refractivity (Wildman–Crippen MR) is 120 cm³/mol. The van der Waals surface area contributed by atoms with Crippen molar-refractivity contribution in [1.29, 1.82) is 0 Å². The molecule has 0 saturated carbocycles. The highest BCUT2D eigenvalue weighted by molar-refractivity contribution is 6.31. The molecule has 1 aliphatic rings. The first kappa shape index (κ1) is 22.1. The predicted octanol–water partition coefficient (Wildman–Crippen LogP) is 3.76. The molecule has 162 valence electrons. The molecule has 30 heavy (non-hydrogen) atoms. The van der Waals surface area contributed by atoms with Crippen molar-refractivity contribution >= 4 is 28.9 Å². The SMILES string of the molecule is CCN1CCN(c2ccc(Cl)cc2NC(=O)c2cc(OC)c(OC)cc2OC)CC1. The van der Waals surface area contributed by atoms with Crippen LogP contribution in [0, 0.1) is 0 Å². The summed E-state index contributed by atoms with van der Waals surface area (Å²) in [6, 6.07) is 8.81. The molecule has 3 rings (SSSR count). The Morgan fingerprint density at radius 3 is 2.20 bits per heavy atom. The molecule has 1 N–H and O–H groups in total. The van der Waals surface area contributed by atoms with Crippen molar-refractivity contribution in [2.45, 2.75) is 6.92 Å². The molecule has 1 amide bonds. The minimum Gasteiger partial charge on any atom is -0.496 e. The normalized spacial score (nSPS) is 14.4. The minimum absolute atomic E-state index is 0.316. The number of rotatable bonds is 7. The van der Waals surface area contributed by atoms with Crippen LogP contribution in [0.3, 0.4) is 0 Å². The molecule has 2 aromatic carbocycles. The van der Waals surface area contributed by atoms with Crippen molar-refractivity contribution in [3.05, 3.63) is 40.9 Å². The Hall–Kier alpha value is -2.64. The maximum absolute atomic E-state index is 13.1. The number of halogens is 1. The van der Waals surface area contributed by atoms with E-state index in [0.717, 1.165) is 38.4 Å². The molecule has 1 saturated heterocycles. The van der Waals surface area contributed by atoms with Crippen LogP contribution < -0.4 is 24.4 Å². The summed E-state index contributed by atoms with van der Waals surface area (Å²) in [5.74, 6) is 1.02. The second-order valence-corrected chi connectivity index (χ2v) is 7.38. The first-order valence-electron chi connectivity index (χ1n) is 9.88. The molecular formula is C22H28ClN3O4. The number of methoxy groups -OCH3 is 3. The maximum atomic E-state index is 13.1. The summed E-state index contributed by atoms with van der Waals surface area (Å²) in [5.41, 5.74) is 1.95. The molecule has 8 heteroatoms. The Morgan fingerprint density at radius 1 is 0.967 bits per heavy atom. The fraction of sp³-hybridized carbons (Fsp3) is 0.409. The van der Waals surface area contributed by atoms with E-state index in [9.17, 15) is 4.79 Å². The van der Waals surface area contributed by atoms with Crippen LogP contribution in [-0.4, -0.2) is 64.9 Å². The highest BCUT2D eigenvalue weighted by Gasteiger charge is 2.22. The molecule has 0 atom stereocenters. The molecule has 1 fully saturated rings. The molecular weight excluding hydrogens is 406 g/mol. The molecule has 0 aromatic heterocycles. The van der Waals surface area contributed by atoms with Crippen LogP contribution in [0.4, 0.5) is 11.4 Å². The van der Waals surface area contributed by atoms with Gasteiger partial charge in [-0.2, -0.15) is 0 Å². The van der Waals surface area contributed by atoms with Crippen LogP contribution in [-0.2, 0) is 0 Å². The van der Waals surface area contributed by atoms with Gasteiger partial charge in [0.2, 0.25) is 0 Å². The number of hydrogen-bond donors (Lipinski definition) is 1. The number of hydrogen-bond acceptors (Lipinski definition) is 6. The van der Waals surface area contributed by atoms with E-state index in [4.69, 9.17) is 25.8 Å². The first-order valence-corrected chi connectivity index (χ1v) is 10.3. The Labute approximate surface area is 182 Å². The molecule has 0 unspecified atom stereocenters. The van der Waals surface area contributed by atoms with E-state index < -0.39 is 0 Å². The third-order valence-electron chi connectivity index (χ3n) is 5.32. The largest absolute Gasteiger partial charge is 0.496 e. The zero-order chi connectivity index (χ0) is 21.7. The number of nitrogens with zero attached hydrogens (tertiary/aromatic N) is 2. The molecule has 0 aliphatic carbocycles. The topological polar surface area (TPSA) is 63.3 Å². The lowest BCUT2D eigenvalue weighted by molar-refractivity contribution is 0.102. The summed E-state index contributed by atoms with van der Waals surface area (Å²) in [7, 11) is 4.57. The van der Waals surface area contributed by atoms with Gasteiger partial charge in [0.25, 0.3) is 5.91 Å². The van der Waals surface area contributed by atoms with E-state index in [-0.39, 0.29) is 5.91 Å². The maximum Gasteiger partial charge on any atom is 0.259 e. The molecule has 0 spiro atoms. The zero-order valence-electron chi connectivity index (χ0n) is 17.8. The summed E-state index contributed by atoms with van der Waals surface area (Å²) >= 11 is 6.24. The van der Waals surface area contributed by atoms with E-state index in [1.807, 2.05) is 12.1 Å². The molecule has 0 bridgehead atoms. The summed E-state index contributed by atoms with van der Waals surface area (Å²) in [4.78, 5) is 17.8. The number of likely N-dealkylation sites (N-methyl/N-ethyl adjacent to an activating group) is 1. The lowest BCUT2D eigenvalue weighted by atomic mass is 10.1. The lowest BCUT2D eigenvalue weighted by Gasteiger charge is -2.36. The second-order valence-electron chi connectivity index (χ2n) is 6.94. The van der Waals surface area contributed by atoms with Gasteiger partial charge in [-0.05, 0) is 24.7 Å².